The number of aliphatic hydroxyl groups excluding tert-OH is 1. The Morgan fingerprint density at radius 1 is 1.56 bits per heavy atom. The van der Waals surface area contributed by atoms with Crippen LogP contribution in [-0.4, -0.2) is 24.3 Å². The standard InChI is InChI=1S/C12H17FN2O/c1-8(16)9-4-5-15(7-9)12-6-10(13)2-3-11(12)14/h2-3,6,8-9,16H,4-5,7,14H2,1H3. The first-order valence-corrected chi connectivity index (χ1v) is 5.56. The predicted molar refractivity (Wildman–Crippen MR) is 62.8 cm³/mol. The van der Waals surface area contributed by atoms with Crippen LogP contribution >= 0.6 is 0 Å². The number of hydrogen-bond acceptors (Lipinski definition) is 3. The number of nitrogens with two attached hydrogens (primary N) is 1. The predicted octanol–water partition coefficient (Wildman–Crippen LogP) is 1.61. The van der Waals surface area contributed by atoms with Crippen molar-refractivity contribution in [2.75, 3.05) is 23.7 Å². The van der Waals surface area contributed by atoms with Gasteiger partial charge in [-0.1, -0.05) is 0 Å². The Morgan fingerprint density at radius 2 is 2.31 bits per heavy atom. The van der Waals surface area contributed by atoms with Gasteiger partial charge in [0, 0.05) is 19.0 Å². The Morgan fingerprint density at radius 3 is 2.94 bits per heavy atom. The minimum absolute atomic E-state index is 0.252. The van der Waals surface area contributed by atoms with Crippen LogP contribution in [0.5, 0.6) is 0 Å². The highest BCUT2D eigenvalue weighted by atomic mass is 19.1. The molecule has 1 aromatic rings. The van der Waals surface area contributed by atoms with Crippen LogP contribution < -0.4 is 10.6 Å². The van der Waals surface area contributed by atoms with E-state index in [-0.39, 0.29) is 17.8 Å². The van der Waals surface area contributed by atoms with Gasteiger partial charge >= 0.3 is 0 Å². The van der Waals surface area contributed by atoms with Gasteiger partial charge in [-0.15, -0.1) is 0 Å². The molecule has 0 saturated carbocycles. The van der Waals surface area contributed by atoms with Crippen LogP contribution in [0.1, 0.15) is 13.3 Å². The molecular formula is C12H17FN2O. The SMILES string of the molecule is CC(O)C1CCN(c2cc(F)ccc2N)C1. The molecule has 2 rings (SSSR count). The van der Waals surface area contributed by atoms with Gasteiger partial charge in [0.1, 0.15) is 5.82 Å². The second-order valence-corrected chi connectivity index (χ2v) is 4.44. The van der Waals surface area contributed by atoms with Crippen LogP contribution in [0.2, 0.25) is 0 Å². The lowest BCUT2D eigenvalue weighted by molar-refractivity contribution is 0.136. The lowest BCUT2D eigenvalue weighted by Gasteiger charge is -2.21. The van der Waals surface area contributed by atoms with E-state index in [0.29, 0.717) is 5.69 Å². The highest BCUT2D eigenvalue weighted by Crippen LogP contribution is 2.30. The number of nitrogen functional groups attached to an aromatic ring is 1. The highest BCUT2D eigenvalue weighted by Gasteiger charge is 2.27. The first kappa shape index (κ1) is 11.2. The van der Waals surface area contributed by atoms with Crippen LogP contribution in [0.4, 0.5) is 15.8 Å². The molecule has 0 aliphatic carbocycles. The van der Waals surface area contributed by atoms with Crippen LogP contribution in [0.3, 0.4) is 0 Å². The van der Waals surface area contributed by atoms with Gasteiger partial charge < -0.3 is 15.7 Å². The number of rotatable bonds is 2. The Hall–Kier alpha value is -1.29. The first-order chi connectivity index (χ1) is 7.58. The molecule has 1 fully saturated rings. The second kappa shape index (κ2) is 4.29. The van der Waals surface area contributed by atoms with Crippen LogP contribution in [-0.2, 0) is 0 Å². The molecule has 0 spiro atoms. The number of aliphatic hydroxyl groups is 1. The second-order valence-electron chi connectivity index (χ2n) is 4.44. The summed E-state index contributed by atoms with van der Waals surface area (Å²) >= 11 is 0. The zero-order valence-corrected chi connectivity index (χ0v) is 9.36. The molecule has 16 heavy (non-hydrogen) atoms. The summed E-state index contributed by atoms with van der Waals surface area (Å²) in [6.45, 7) is 3.36. The van der Waals surface area contributed by atoms with E-state index >= 15 is 0 Å². The van der Waals surface area contributed by atoms with E-state index in [1.165, 1.54) is 12.1 Å². The average Bonchev–Trinajstić information content (AvgIpc) is 2.70. The van der Waals surface area contributed by atoms with Gasteiger partial charge in [-0.3, -0.25) is 0 Å². The van der Waals surface area contributed by atoms with Crippen molar-refractivity contribution in [2.24, 2.45) is 5.92 Å². The maximum Gasteiger partial charge on any atom is 0.125 e. The maximum atomic E-state index is 13.1. The number of hydrogen-bond donors (Lipinski definition) is 2. The summed E-state index contributed by atoms with van der Waals surface area (Å²) in [6.07, 6.45) is 0.605. The molecule has 88 valence electrons. The van der Waals surface area contributed by atoms with Crippen molar-refractivity contribution in [1.29, 1.82) is 0 Å². The maximum absolute atomic E-state index is 13.1. The number of nitrogens with zero attached hydrogens (tertiary/aromatic N) is 1. The van der Waals surface area contributed by atoms with Gasteiger partial charge in [0.25, 0.3) is 0 Å². The van der Waals surface area contributed by atoms with Gasteiger partial charge in [-0.2, -0.15) is 0 Å². The third-order valence-corrected chi connectivity index (χ3v) is 3.24. The number of anilines is 2. The monoisotopic (exact) mass is 224 g/mol. The first-order valence-electron chi connectivity index (χ1n) is 5.56. The van der Waals surface area contributed by atoms with Crippen LogP contribution in [0.25, 0.3) is 0 Å². The lowest BCUT2D eigenvalue weighted by Crippen LogP contribution is -2.24. The van der Waals surface area contributed by atoms with Gasteiger partial charge in [0.2, 0.25) is 0 Å². The summed E-state index contributed by atoms with van der Waals surface area (Å²) < 4.78 is 13.1. The van der Waals surface area contributed by atoms with E-state index in [1.807, 2.05) is 4.90 Å². The summed E-state index contributed by atoms with van der Waals surface area (Å²) in [5.41, 5.74) is 7.15. The third-order valence-electron chi connectivity index (χ3n) is 3.24. The quantitative estimate of drug-likeness (QED) is 0.750. The fraction of sp³-hybridized carbons (Fsp3) is 0.500. The third kappa shape index (κ3) is 2.11. The molecule has 1 aromatic carbocycles. The van der Waals surface area contributed by atoms with Gasteiger partial charge in [0.15, 0.2) is 0 Å². The molecule has 3 N–H and O–H groups in total. The highest BCUT2D eigenvalue weighted by molar-refractivity contribution is 5.67. The summed E-state index contributed by atoms with van der Waals surface area (Å²) in [6, 6.07) is 4.40. The minimum atomic E-state index is -0.320. The van der Waals surface area contributed by atoms with Gasteiger partial charge in [-0.05, 0) is 31.5 Å². The van der Waals surface area contributed by atoms with E-state index in [4.69, 9.17) is 5.73 Å². The van der Waals surface area contributed by atoms with Crippen LogP contribution in [0.15, 0.2) is 18.2 Å². The van der Waals surface area contributed by atoms with E-state index in [9.17, 15) is 9.50 Å². The smallest absolute Gasteiger partial charge is 0.125 e. The Kier molecular flexibility index (Phi) is 3.01. The number of benzene rings is 1. The molecule has 0 radical (unpaired) electrons. The lowest BCUT2D eigenvalue weighted by atomic mass is 10.0. The van der Waals surface area contributed by atoms with Crippen molar-refractivity contribution in [3.05, 3.63) is 24.0 Å². The molecule has 4 heteroatoms. The zero-order chi connectivity index (χ0) is 11.7. The van der Waals surface area contributed by atoms with Crippen molar-refractivity contribution < 1.29 is 9.50 Å². The van der Waals surface area contributed by atoms with Crippen molar-refractivity contribution in [3.63, 3.8) is 0 Å². The minimum Gasteiger partial charge on any atom is -0.397 e. The molecule has 2 unspecified atom stereocenters. The molecule has 1 saturated heterocycles. The average molecular weight is 224 g/mol. The van der Waals surface area contributed by atoms with Crippen molar-refractivity contribution in [1.82, 2.24) is 0 Å². The van der Waals surface area contributed by atoms with E-state index < -0.39 is 0 Å². The van der Waals surface area contributed by atoms with Crippen molar-refractivity contribution in [3.8, 4) is 0 Å². The van der Waals surface area contributed by atoms with Gasteiger partial charge in [-0.25, -0.2) is 4.39 Å². The Labute approximate surface area is 94.7 Å². The van der Waals surface area contributed by atoms with Crippen molar-refractivity contribution >= 4 is 11.4 Å². The van der Waals surface area contributed by atoms with Crippen molar-refractivity contribution in [2.45, 2.75) is 19.4 Å². The Balaban J connectivity index is 2.17. The summed E-state index contributed by atoms with van der Waals surface area (Å²) in [5.74, 6) is -0.0210. The van der Waals surface area contributed by atoms with Crippen LogP contribution in [0, 0.1) is 11.7 Å². The fourth-order valence-electron chi connectivity index (χ4n) is 2.19. The summed E-state index contributed by atoms with van der Waals surface area (Å²) in [4.78, 5) is 2.04. The zero-order valence-electron chi connectivity index (χ0n) is 9.36. The number of halogens is 1. The van der Waals surface area contributed by atoms with E-state index in [0.717, 1.165) is 25.2 Å². The largest absolute Gasteiger partial charge is 0.397 e. The molecule has 1 aliphatic rings. The van der Waals surface area contributed by atoms with Gasteiger partial charge in [0.05, 0.1) is 17.5 Å². The fourth-order valence-corrected chi connectivity index (χ4v) is 2.19. The normalized spacial score (nSPS) is 22.4. The topological polar surface area (TPSA) is 49.5 Å². The summed E-state index contributed by atoms with van der Waals surface area (Å²) in [5, 5.41) is 9.51. The molecule has 0 bridgehead atoms. The molecule has 2 atom stereocenters. The molecular weight excluding hydrogens is 207 g/mol. The molecule has 1 aliphatic heterocycles. The molecule has 3 nitrogen and oxygen atoms in total. The molecule has 0 amide bonds. The Bertz CT molecular complexity index is 381. The van der Waals surface area contributed by atoms with E-state index in [1.54, 1.807) is 13.0 Å². The molecule has 0 aromatic heterocycles. The summed E-state index contributed by atoms with van der Waals surface area (Å²) in [7, 11) is 0. The molecule has 1 heterocycles. The van der Waals surface area contributed by atoms with E-state index in [2.05, 4.69) is 0 Å².